The van der Waals surface area contributed by atoms with Crippen molar-refractivity contribution in [3.05, 3.63) is 12.2 Å². The molecule has 3 N–H and O–H groups in total. The minimum Gasteiger partial charge on any atom is -0.389 e. The molecule has 0 saturated carbocycles. The van der Waals surface area contributed by atoms with Gasteiger partial charge in [-0.2, -0.15) is 5.26 Å². The van der Waals surface area contributed by atoms with Crippen LogP contribution in [0.1, 0.15) is 40.0 Å². The number of nitriles is 1. The number of likely N-dealkylation sites (N-methyl/N-ethyl adjacent to an activating group) is 1. The highest BCUT2D eigenvalue weighted by molar-refractivity contribution is 5.13. The van der Waals surface area contributed by atoms with Crippen LogP contribution in [0.4, 0.5) is 0 Å². The highest BCUT2D eigenvalue weighted by atomic mass is 16.3. The molecule has 0 bridgehead atoms. The van der Waals surface area contributed by atoms with E-state index in [0.717, 1.165) is 12.8 Å². The summed E-state index contributed by atoms with van der Waals surface area (Å²) in [7, 11) is 1.93. The first kappa shape index (κ1) is 16.2. The summed E-state index contributed by atoms with van der Waals surface area (Å²) in [6, 6.07) is 1.88. The average Bonchev–Trinajstić information content (AvgIpc) is 2.65. The second kappa shape index (κ2) is 6.51. The van der Waals surface area contributed by atoms with Gasteiger partial charge in [0.05, 0.1) is 17.7 Å². The highest BCUT2D eigenvalue weighted by Crippen LogP contribution is 2.34. The number of aliphatic hydroxyl groups is 1. The van der Waals surface area contributed by atoms with Crippen LogP contribution in [0, 0.1) is 17.2 Å². The molecule has 1 aliphatic heterocycles. The van der Waals surface area contributed by atoms with E-state index in [1.165, 1.54) is 0 Å². The SMILES string of the molecule is C/C=C\[C@@H]1C[C@H](C#N)N(C)[C@H]1[C@@H](N)[C@@](C)(O)CCC. The number of likely N-dealkylation sites (tertiary alicyclic amines) is 1. The molecule has 0 radical (unpaired) electrons. The lowest BCUT2D eigenvalue weighted by molar-refractivity contribution is -0.00578. The predicted octanol–water partition coefficient (Wildman–Crippen LogP) is 1.65. The van der Waals surface area contributed by atoms with Crippen molar-refractivity contribution in [3.8, 4) is 6.07 Å². The third-order valence-corrected chi connectivity index (χ3v) is 4.33. The molecule has 0 aliphatic carbocycles. The van der Waals surface area contributed by atoms with Gasteiger partial charge in [-0.1, -0.05) is 25.5 Å². The fourth-order valence-electron chi connectivity index (χ4n) is 3.22. The summed E-state index contributed by atoms with van der Waals surface area (Å²) in [5.74, 6) is 0.234. The molecule has 1 fully saturated rings. The molecule has 0 aromatic heterocycles. The van der Waals surface area contributed by atoms with E-state index in [0.29, 0.717) is 6.42 Å². The molecule has 1 aliphatic rings. The smallest absolute Gasteiger partial charge is 0.0984 e. The van der Waals surface area contributed by atoms with E-state index in [1.54, 1.807) is 6.92 Å². The van der Waals surface area contributed by atoms with Gasteiger partial charge in [0.2, 0.25) is 0 Å². The largest absolute Gasteiger partial charge is 0.389 e. The fourth-order valence-corrected chi connectivity index (χ4v) is 3.22. The number of hydrogen-bond donors (Lipinski definition) is 2. The molecule has 4 heteroatoms. The van der Waals surface area contributed by atoms with Crippen LogP contribution in [0.25, 0.3) is 0 Å². The normalized spacial score (nSPS) is 33.2. The Morgan fingerprint density at radius 1 is 1.63 bits per heavy atom. The van der Waals surface area contributed by atoms with E-state index in [-0.39, 0.29) is 24.0 Å². The van der Waals surface area contributed by atoms with Gasteiger partial charge in [-0.25, -0.2) is 0 Å². The molecule has 0 aromatic rings. The van der Waals surface area contributed by atoms with Crippen LogP contribution in [0.3, 0.4) is 0 Å². The third-order valence-electron chi connectivity index (χ3n) is 4.33. The van der Waals surface area contributed by atoms with Crippen molar-refractivity contribution in [2.75, 3.05) is 7.05 Å². The molecule has 1 saturated heterocycles. The van der Waals surface area contributed by atoms with Crippen molar-refractivity contribution in [2.45, 2.75) is 63.8 Å². The second-order valence-corrected chi connectivity index (χ2v) is 5.86. The Morgan fingerprint density at radius 2 is 2.26 bits per heavy atom. The Labute approximate surface area is 116 Å². The lowest BCUT2D eigenvalue weighted by Crippen LogP contribution is -2.58. The summed E-state index contributed by atoms with van der Waals surface area (Å²) < 4.78 is 0. The van der Waals surface area contributed by atoms with Crippen molar-refractivity contribution >= 4 is 0 Å². The Morgan fingerprint density at radius 3 is 2.74 bits per heavy atom. The number of nitrogens with zero attached hydrogens (tertiary/aromatic N) is 2. The van der Waals surface area contributed by atoms with Gasteiger partial charge in [-0.05, 0) is 39.7 Å². The Hall–Kier alpha value is -0.890. The van der Waals surface area contributed by atoms with Gasteiger partial charge in [0.1, 0.15) is 0 Å². The molecule has 4 nitrogen and oxygen atoms in total. The molecule has 19 heavy (non-hydrogen) atoms. The molecule has 1 heterocycles. The monoisotopic (exact) mass is 265 g/mol. The first-order valence-electron chi connectivity index (χ1n) is 7.11. The van der Waals surface area contributed by atoms with Crippen LogP contribution in [0.2, 0.25) is 0 Å². The molecule has 1 rings (SSSR count). The minimum absolute atomic E-state index is 0.0161. The van der Waals surface area contributed by atoms with Gasteiger partial charge in [-0.15, -0.1) is 0 Å². The summed E-state index contributed by atoms with van der Waals surface area (Å²) in [6.07, 6.45) is 6.48. The van der Waals surface area contributed by atoms with Gasteiger partial charge in [0, 0.05) is 12.1 Å². The molecular weight excluding hydrogens is 238 g/mol. The topological polar surface area (TPSA) is 73.3 Å². The Balaban J connectivity index is 2.97. The standard InChI is InChI=1S/C15H27N3O/c1-5-7-11-9-12(10-16)18(4)13(11)14(17)15(3,19)8-6-2/h5,7,11-14,19H,6,8-9,17H2,1-4H3/b7-5-/t11-,12-,13-,14-,15+/m1/s1. The number of allylic oxidation sites excluding steroid dienone is 1. The fraction of sp³-hybridized carbons (Fsp3) is 0.800. The molecular formula is C15H27N3O. The zero-order valence-electron chi connectivity index (χ0n) is 12.5. The van der Waals surface area contributed by atoms with E-state index in [4.69, 9.17) is 5.73 Å². The highest BCUT2D eigenvalue weighted by Gasteiger charge is 2.46. The van der Waals surface area contributed by atoms with Crippen molar-refractivity contribution in [2.24, 2.45) is 11.7 Å². The van der Waals surface area contributed by atoms with Crippen LogP contribution >= 0.6 is 0 Å². The number of hydrogen-bond acceptors (Lipinski definition) is 4. The van der Waals surface area contributed by atoms with Crippen LogP contribution in [0.5, 0.6) is 0 Å². The van der Waals surface area contributed by atoms with Gasteiger partial charge < -0.3 is 10.8 Å². The van der Waals surface area contributed by atoms with Gasteiger partial charge in [0.25, 0.3) is 0 Å². The maximum Gasteiger partial charge on any atom is 0.0984 e. The van der Waals surface area contributed by atoms with Crippen LogP contribution in [0.15, 0.2) is 12.2 Å². The van der Waals surface area contributed by atoms with E-state index in [1.807, 2.05) is 31.9 Å². The molecule has 0 amide bonds. The zero-order chi connectivity index (χ0) is 14.6. The summed E-state index contributed by atoms with van der Waals surface area (Å²) in [5, 5.41) is 19.8. The zero-order valence-corrected chi connectivity index (χ0v) is 12.5. The van der Waals surface area contributed by atoms with Crippen LogP contribution in [-0.4, -0.2) is 40.8 Å². The van der Waals surface area contributed by atoms with Crippen molar-refractivity contribution in [1.82, 2.24) is 4.90 Å². The summed E-state index contributed by atoms with van der Waals surface area (Å²) in [4.78, 5) is 2.03. The van der Waals surface area contributed by atoms with Crippen molar-refractivity contribution in [1.29, 1.82) is 5.26 Å². The quantitative estimate of drug-likeness (QED) is 0.741. The number of rotatable bonds is 5. The lowest BCUT2D eigenvalue weighted by atomic mass is 9.82. The van der Waals surface area contributed by atoms with Crippen LogP contribution in [-0.2, 0) is 0 Å². The molecule has 0 spiro atoms. The first-order valence-corrected chi connectivity index (χ1v) is 7.11. The first-order chi connectivity index (χ1) is 8.88. The van der Waals surface area contributed by atoms with Crippen molar-refractivity contribution in [3.63, 3.8) is 0 Å². The van der Waals surface area contributed by atoms with E-state index >= 15 is 0 Å². The van der Waals surface area contributed by atoms with Gasteiger partial charge in [0.15, 0.2) is 0 Å². The van der Waals surface area contributed by atoms with E-state index in [2.05, 4.69) is 12.1 Å². The number of nitrogens with two attached hydrogens (primary N) is 1. The average molecular weight is 265 g/mol. The predicted molar refractivity (Wildman–Crippen MR) is 77.4 cm³/mol. The van der Waals surface area contributed by atoms with E-state index in [9.17, 15) is 10.4 Å². The Kier molecular flexibility index (Phi) is 5.54. The minimum atomic E-state index is -0.891. The summed E-state index contributed by atoms with van der Waals surface area (Å²) in [5.41, 5.74) is 5.44. The maximum atomic E-state index is 10.5. The maximum absolute atomic E-state index is 10.5. The third kappa shape index (κ3) is 3.36. The molecule has 108 valence electrons. The molecule has 0 unspecified atom stereocenters. The lowest BCUT2D eigenvalue weighted by Gasteiger charge is -2.39. The summed E-state index contributed by atoms with van der Waals surface area (Å²) in [6.45, 7) is 5.83. The van der Waals surface area contributed by atoms with Gasteiger partial charge >= 0.3 is 0 Å². The summed E-state index contributed by atoms with van der Waals surface area (Å²) >= 11 is 0. The van der Waals surface area contributed by atoms with Gasteiger partial charge in [-0.3, -0.25) is 4.90 Å². The van der Waals surface area contributed by atoms with E-state index < -0.39 is 5.60 Å². The molecule has 0 aromatic carbocycles. The Bertz CT molecular complexity index is 359. The van der Waals surface area contributed by atoms with Crippen molar-refractivity contribution < 1.29 is 5.11 Å². The van der Waals surface area contributed by atoms with Crippen LogP contribution < -0.4 is 5.73 Å². The second-order valence-electron chi connectivity index (χ2n) is 5.86. The molecule has 5 atom stereocenters.